The second kappa shape index (κ2) is 5.77. The van der Waals surface area contributed by atoms with Gasteiger partial charge in [0, 0.05) is 32.2 Å². The maximum Gasteiger partial charge on any atom is 0.231 e. The van der Waals surface area contributed by atoms with Gasteiger partial charge in [0.25, 0.3) is 0 Å². The molecule has 19 heavy (non-hydrogen) atoms. The molecule has 5 nitrogen and oxygen atoms in total. The fraction of sp³-hybridized carbons (Fsp3) is 0.750. The minimum absolute atomic E-state index is 0.160. The average Bonchev–Trinajstić information content (AvgIpc) is 2.91. The van der Waals surface area contributed by atoms with Gasteiger partial charge in [0.15, 0.2) is 0 Å². The Hall–Kier alpha value is -0.650. The minimum atomic E-state index is 0.160. The lowest BCUT2D eigenvalue weighted by atomic mass is 10.2. The molecule has 1 aromatic rings. The van der Waals surface area contributed by atoms with Crippen LogP contribution in [0.25, 0.3) is 0 Å². The third-order valence-electron chi connectivity index (χ3n) is 4.01. The summed E-state index contributed by atoms with van der Waals surface area (Å²) in [6, 6.07) is 0.785. The Kier molecular flexibility index (Phi) is 4.05. The fourth-order valence-electron chi connectivity index (χ4n) is 3.01. The summed E-state index contributed by atoms with van der Waals surface area (Å²) in [7, 11) is 0. The van der Waals surface area contributed by atoms with Crippen molar-refractivity contribution in [1.29, 1.82) is 0 Å². The molecule has 1 aromatic heterocycles. The van der Waals surface area contributed by atoms with E-state index in [1.165, 1.54) is 25.7 Å². The zero-order valence-corrected chi connectivity index (χ0v) is 12.2. The summed E-state index contributed by atoms with van der Waals surface area (Å²) < 4.78 is 0. The van der Waals surface area contributed by atoms with Gasteiger partial charge in [0.1, 0.15) is 0 Å². The Morgan fingerprint density at radius 1 is 0.842 bits per heavy atom. The minimum Gasteiger partial charge on any atom is -0.338 e. The summed E-state index contributed by atoms with van der Waals surface area (Å²) in [6.45, 7) is 3.97. The number of piperazine rings is 1. The Bertz CT molecular complexity index is 421. The lowest BCUT2D eigenvalue weighted by molar-refractivity contribution is 0.187. The van der Waals surface area contributed by atoms with Crippen LogP contribution in [0.4, 0.5) is 5.95 Å². The summed E-state index contributed by atoms with van der Waals surface area (Å²) in [6.07, 6.45) is 5.46. The van der Waals surface area contributed by atoms with Crippen LogP contribution >= 0.6 is 23.2 Å². The molecule has 1 aliphatic carbocycles. The number of nitrogens with zero attached hydrogens (tertiary/aromatic N) is 5. The largest absolute Gasteiger partial charge is 0.338 e. The van der Waals surface area contributed by atoms with Gasteiger partial charge in [-0.25, -0.2) is 0 Å². The van der Waals surface area contributed by atoms with Crippen LogP contribution in [-0.4, -0.2) is 52.1 Å². The summed E-state index contributed by atoms with van der Waals surface area (Å²) in [5, 5.41) is 0.321. The highest BCUT2D eigenvalue weighted by molar-refractivity contribution is 6.31. The van der Waals surface area contributed by atoms with Gasteiger partial charge >= 0.3 is 0 Å². The number of anilines is 1. The molecule has 1 saturated carbocycles. The molecule has 0 amide bonds. The van der Waals surface area contributed by atoms with E-state index in [1.54, 1.807) is 0 Å². The van der Waals surface area contributed by atoms with Crippen LogP contribution in [0.2, 0.25) is 10.6 Å². The van der Waals surface area contributed by atoms with E-state index in [0.29, 0.717) is 5.95 Å². The van der Waals surface area contributed by atoms with Crippen LogP contribution in [0.1, 0.15) is 25.7 Å². The summed E-state index contributed by atoms with van der Waals surface area (Å²) in [5.41, 5.74) is 0. The van der Waals surface area contributed by atoms with Crippen LogP contribution in [0.5, 0.6) is 0 Å². The highest BCUT2D eigenvalue weighted by Gasteiger charge is 2.27. The molecular weight excluding hydrogens is 285 g/mol. The van der Waals surface area contributed by atoms with Gasteiger partial charge in [-0.05, 0) is 36.0 Å². The Labute approximate surface area is 122 Å². The maximum absolute atomic E-state index is 5.82. The summed E-state index contributed by atoms with van der Waals surface area (Å²) in [5.74, 6) is 0.594. The number of rotatable bonds is 2. The van der Waals surface area contributed by atoms with E-state index in [-0.39, 0.29) is 10.6 Å². The van der Waals surface area contributed by atoms with Crippen molar-refractivity contribution >= 4 is 29.2 Å². The Balaban J connectivity index is 1.63. The molecular formula is C12H17Cl2N5. The third kappa shape index (κ3) is 3.09. The van der Waals surface area contributed by atoms with Crippen LogP contribution in [0.15, 0.2) is 0 Å². The average molecular weight is 302 g/mol. The third-order valence-corrected chi connectivity index (χ3v) is 4.35. The maximum atomic E-state index is 5.82. The molecule has 0 atom stereocenters. The smallest absolute Gasteiger partial charge is 0.231 e. The van der Waals surface area contributed by atoms with E-state index in [2.05, 4.69) is 24.8 Å². The summed E-state index contributed by atoms with van der Waals surface area (Å²) >= 11 is 11.6. The Morgan fingerprint density at radius 2 is 1.42 bits per heavy atom. The van der Waals surface area contributed by atoms with Crippen LogP contribution in [-0.2, 0) is 0 Å². The quantitative estimate of drug-likeness (QED) is 0.838. The molecule has 1 aliphatic heterocycles. The zero-order chi connectivity index (χ0) is 13.2. The van der Waals surface area contributed by atoms with Crippen molar-refractivity contribution in [2.75, 3.05) is 31.1 Å². The van der Waals surface area contributed by atoms with Gasteiger partial charge in [-0.15, -0.1) is 0 Å². The topological polar surface area (TPSA) is 45.2 Å². The second-order valence-electron chi connectivity index (χ2n) is 5.13. The van der Waals surface area contributed by atoms with Crippen molar-refractivity contribution in [3.05, 3.63) is 10.6 Å². The Morgan fingerprint density at radius 3 is 2.00 bits per heavy atom. The van der Waals surface area contributed by atoms with E-state index in [9.17, 15) is 0 Å². The molecule has 2 heterocycles. The molecule has 7 heteroatoms. The highest BCUT2D eigenvalue weighted by Crippen LogP contribution is 2.25. The molecule has 1 saturated heterocycles. The van der Waals surface area contributed by atoms with Gasteiger partial charge in [-0.1, -0.05) is 12.8 Å². The lowest BCUT2D eigenvalue weighted by Gasteiger charge is -2.38. The zero-order valence-electron chi connectivity index (χ0n) is 10.7. The molecule has 0 aromatic carbocycles. The van der Waals surface area contributed by atoms with E-state index in [0.717, 1.165) is 32.2 Å². The van der Waals surface area contributed by atoms with Crippen molar-refractivity contribution < 1.29 is 0 Å². The lowest BCUT2D eigenvalue weighted by Crippen LogP contribution is -2.50. The molecule has 0 radical (unpaired) electrons. The standard InChI is InChI=1S/C12H17Cl2N5/c13-10-15-11(14)17-12(16-10)19-7-5-18(6-8-19)9-3-1-2-4-9/h9H,1-8H2. The first-order valence-corrected chi connectivity index (χ1v) is 7.54. The predicted molar refractivity (Wildman–Crippen MR) is 75.9 cm³/mol. The monoisotopic (exact) mass is 301 g/mol. The number of aromatic nitrogens is 3. The highest BCUT2D eigenvalue weighted by atomic mass is 35.5. The molecule has 0 N–H and O–H groups in total. The van der Waals surface area contributed by atoms with E-state index in [1.807, 2.05) is 0 Å². The van der Waals surface area contributed by atoms with Crippen molar-refractivity contribution in [2.45, 2.75) is 31.7 Å². The molecule has 3 rings (SSSR count). The van der Waals surface area contributed by atoms with E-state index >= 15 is 0 Å². The van der Waals surface area contributed by atoms with Crippen molar-refractivity contribution in [1.82, 2.24) is 19.9 Å². The number of hydrogen-bond donors (Lipinski definition) is 0. The first-order chi connectivity index (χ1) is 9.22. The molecule has 104 valence electrons. The van der Waals surface area contributed by atoms with Crippen LogP contribution < -0.4 is 4.90 Å². The normalized spacial score (nSPS) is 22.1. The molecule has 0 bridgehead atoms. The van der Waals surface area contributed by atoms with Gasteiger partial charge in [0.2, 0.25) is 16.5 Å². The predicted octanol–water partition coefficient (Wildman–Crippen LogP) is 2.24. The SMILES string of the molecule is Clc1nc(Cl)nc(N2CCN(C3CCCC3)CC2)n1. The van der Waals surface area contributed by atoms with Crippen molar-refractivity contribution in [3.63, 3.8) is 0 Å². The van der Waals surface area contributed by atoms with Crippen LogP contribution in [0.3, 0.4) is 0 Å². The fourth-order valence-corrected chi connectivity index (χ4v) is 3.37. The van der Waals surface area contributed by atoms with Gasteiger partial charge in [-0.3, -0.25) is 4.90 Å². The first-order valence-electron chi connectivity index (χ1n) is 6.78. The second-order valence-corrected chi connectivity index (χ2v) is 5.81. The van der Waals surface area contributed by atoms with Gasteiger partial charge in [-0.2, -0.15) is 15.0 Å². The number of hydrogen-bond acceptors (Lipinski definition) is 5. The molecule has 2 aliphatic rings. The first kappa shape index (κ1) is 13.3. The van der Waals surface area contributed by atoms with Crippen molar-refractivity contribution in [3.8, 4) is 0 Å². The van der Waals surface area contributed by atoms with Crippen LogP contribution in [0, 0.1) is 0 Å². The number of halogens is 2. The van der Waals surface area contributed by atoms with E-state index in [4.69, 9.17) is 23.2 Å². The summed E-state index contributed by atoms with van der Waals surface area (Å²) in [4.78, 5) is 16.8. The molecule has 0 spiro atoms. The van der Waals surface area contributed by atoms with Gasteiger partial charge < -0.3 is 4.90 Å². The van der Waals surface area contributed by atoms with Gasteiger partial charge in [0.05, 0.1) is 0 Å². The molecule has 0 unspecified atom stereocenters. The molecule has 2 fully saturated rings. The van der Waals surface area contributed by atoms with Crippen molar-refractivity contribution in [2.24, 2.45) is 0 Å². The van der Waals surface area contributed by atoms with E-state index < -0.39 is 0 Å².